The van der Waals surface area contributed by atoms with E-state index in [1.54, 1.807) is 7.11 Å². The summed E-state index contributed by atoms with van der Waals surface area (Å²) in [5.74, 6) is 0.710. The highest BCUT2D eigenvalue weighted by Crippen LogP contribution is 2.28. The molecule has 1 aromatic heterocycles. The van der Waals surface area contributed by atoms with Crippen LogP contribution in [0.4, 0.5) is 0 Å². The summed E-state index contributed by atoms with van der Waals surface area (Å²) in [6, 6.07) is 5.63. The first kappa shape index (κ1) is 8.19. The van der Waals surface area contributed by atoms with Crippen molar-refractivity contribution in [2.75, 3.05) is 7.11 Å². The number of nitrogens with zero attached hydrogens (tertiary/aromatic N) is 1. The van der Waals surface area contributed by atoms with Crippen molar-refractivity contribution in [3.05, 3.63) is 23.2 Å². The van der Waals surface area contributed by atoms with E-state index in [2.05, 4.69) is 4.98 Å². The van der Waals surface area contributed by atoms with Crippen LogP contribution >= 0.6 is 11.3 Å². The topological polar surface area (TPSA) is 39.2 Å². The average molecular weight is 193 g/mol. The van der Waals surface area contributed by atoms with Crippen LogP contribution < -0.4 is 4.74 Å². The molecular formula is C9H7NO2S. The van der Waals surface area contributed by atoms with Crippen LogP contribution in [-0.2, 0) is 0 Å². The van der Waals surface area contributed by atoms with E-state index in [0.29, 0.717) is 10.8 Å². The highest BCUT2D eigenvalue weighted by atomic mass is 32.1. The largest absolute Gasteiger partial charge is 0.494 e. The maximum atomic E-state index is 10.5. The number of hydrogen-bond acceptors (Lipinski definition) is 4. The minimum atomic E-state index is 0.486. The van der Waals surface area contributed by atoms with Crippen molar-refractivity contribution in [2.45, 2.75) is 0 Å². The first-order valence-electron chi connectivity index (χ1n) is 3.74. The number of hydrogen-bond donors (Lipinski definition) is 0. The zero-order valence-corrected chi connectivity index (χ0v) is 7.80. The number of carbonyl (C=O) groups is 1. The average Bonchev–Trinajstić information content (AvgIpc) is 2.59. The van der Waals surface area contributed by atoms with E-state index in [-0.39, 0.29) is 0 Å². The Morgan fingerprint density at radius 2 is 2.38 bits per heavy atom. The fourth-order valence-electron chi connectivity index (χ4n) is 1.16. The lowest BCUT2D eigenvalue weighted by molar-refractivity contribution is 0.112. The summed E-state index contributed by atoms with van der Waals surface area (Å²) in [4.78, 5) is 14.6. The van der Waals surface area contributed by atoms with E-state index in [4.69, 9.17) is 4.74 Å². The number of fused-ring (bicyclic) bond motifs is 1. The lowest BCUT2D eigenvalue weighted by atomic mass is 10.3. The minimum absolute atomic E-state index is 0.486. The molecule has 0 unspecified atom stereocenters. The van der Waals surface area contributed by atoms with Gasteiger partial charge in [-0.1, -0.05) is 6.07 Å². The van der Waals surface area contributed by atoms with Gasteiger partial charge in [-0.15, -0.1) is 11.3 Å². The summed E-state index contributed by atoms with van der Waals surface area (Å²) in [5, 5.41) is 0.486. The molecule has 0 atom stereocenters. The van der Waals surface area contributed by atoms with Crippen molar-refractivity contribution in [3.8, 4) is 5.75 Å². The Kier molecular flexibility index (Phi) is 1.98. The van der Waals surface area contributed by atoms with E-state index in [1.807, 2.05) is 18.2 Å². The van der Waals surface area contributed by atoms with Gasteiger partial charge in [0, 0.05) is 0 Å². The molecule has 2 rings (SSSR count). The smallest absolute Gasteiger partial charge is 0.178 e. The predicted octanol–water partition coefficient (Wildman–Crippen LogP) is 2.12. The molecule has 1 aromatic carbocycles. The van der Waals surface area contributed by atoms with Crippen LogP contribution in [0, 0.1) is 0 Å². The number of benzene rings is 1. The first-order chi connectivity index (χ1) is 6.35. The van der Waals surface area contributed by atoms with Gasteiger partial charge in [0.05, 0.1) is 11.8 Å². The number of methoxy groups -OCH3 is 1. The van der Waals surface area contributed by atoms with Crippen LogP contribution in [0.15, 0.2) is 18.2 Å². The third-order valence-electron chi connectivity index (χ3n) is 1.72. The minimum Gasteiger partial charge on any atom is -0.494 e. The molecule has 0 saturated carbocycles. The number of carbonyl (C=O) groups excluding carboxylic acids is 1. The molecule has 3 nitrogen and oxygen atoms in total. The summed E-state index contributed by atoms with van der Waals surface area (Å²) >= 11 is 1.37. The van der Waals surface area contributed by atoms with Crippen molar-refractivity contribution in [1.29, 1.82) is 0 Å². The molecule has 2 aromatic rings. The number of para-hydroxylation sites is 1. The van der Waals surface area contributed by atoms with Gasteiger partial charge >= 0.3 is 0 Å². The molecule has 1 heterocycles. The zero-order chi connectivity index (χ0) is 9.26. The van der Waals surface area contributed by atoms with E-state index in [1.165, 1.54) is 11.3 Å². The highest BCUT2D eigenvalue weighted by molar-refractivity contribution is 7.20. The van der Waals surface area contributed by atoms with Crippen molar-refractivity contribution in [3.63, 3.8) is 0 Å². The van der Waals surface area contributed by atoms with Crippen LogP contribution in [0.2, 0.25) is 0 Å². The van der Waals surface area contributed by atoms with Crippen LogP contribution in [0.3, 0.4) is 0 Å². The fraction of sp³-hybridized carbons (Fsp3) is 0.111. The second-order valence-corrected chi connectivity index (χ2v) is 3.54. The number of ether oxygens (including phenoxy) is 1. The highest BCUT2D eigenvalue weighted by Gasteiger charge is 2.06. The summed E-state index contributed by atoms with van der Waals surface area (Å²) in [6.07, 6.45) is 0.754. The summed E-state index contributed by atoms with van der Waals surface area (Å²) in [5.41, 5.74) is 0.761. The Hall–Kier alpha value is -1.42. The lowest BCUT2D eigenvalue weighted by Crippen LogP contribution is -1.83. The summed E-state index contributed by atoms with van der Waals surface area (Å²) in [7, 11) is 1.59. The van der Waals surface area contributed by atoms with Crippen molar-refractivity contribution in [2.24, 2.45) is 0 Å². The van der Waals surface area contributed by atoms with Crippen LogP contribution in [0.1, 0.15) is 9.80 Å². The van der Waals surface area contributed by atoms with Gasteiger partial charge in [-0.25, -0.2) is 4.98 Å². The van der Waals surface area contributed by atoms with Crippen molar-refractivity contribution in [1.82, 2.24) is 4.98 Å². The third-order valence-corrected chi connectivity index (χ3v) is 2.67. The van der Waals surface area contributed by atoms with Gasteiger partial charge in [0.1, 0.15) is 11.3 Å². The number of aldehydes is 1. The van der Waals surface area contributed by atoms with E-state index in [9.17, 15) is 4.79 Å². The molecule has 0 radical (unpaired) electrons. The van der Waals surface area contributed by atoms with Gasteiger partial charge in [-0.05, 0) is 12.1 Å². The first-order valence-corrected chi connectivity index (χ1v) is 4.55. The van der Waals surface area contributed by atoms with E-state index >= 15 is 0 Å². The van der Waals surface area contributed by atoms with Gasteiger partial charge in [0.15, 0.2) is 11.3 Å². The Balaban J connectivity index is 2.74. The normalized spacial score (nSPS) is 10.2. The Morgan fingerprint density at radius 3 is 3.08 bits per heavy atom. The van der Waals surface area contributed by atoms with E-state index < -0.39 is 0 Å². The quantitative estimate of drug-likeness (QED) is 0.686. The molecule has 13 heavy (non-hydrogen) atoms. The molecule has 0 amide bonds. The molecule has 4 heteroatoms. The van der Waals surface area contributed by atoms with Crippen LogP contribution in [-0.4, -0.2) is 18.4 Å². The maximum absolute atomic E-state index is 10.5. The van der Waals surface area contributed by atoms with Crippen LogP contribution in [0.5, 0.6) is 5.75 Å². The molecule has 0 fully saturated rings. The molecule has 0 aliphatic rings. The van der Waals surface area contributed by atoms with Gasteiger partial charge in [-0.3, -0.25) is 4.79 Å². The number of aromatic nitrogens is 1. The Bertz CT molecular complexity index is 450. The van der Waals surface area contributed by atoms with Gasteiger partial charge in [-0.2, -0.15) is 0 Å². The second kappa shape index (κ2) is 3.14. The molecule has 0 aliphatic carbocycles. The third kappa shape index (κ3) is 1.29. The molecule has 66 valence electrons. The van der Waals surface area contributed by atoms with Crippen molar-refractivity contribution < 1.29 is 9.53 Å². The number of thiazole rings is 1. The SMILES string of the molecule is COc1cccc2sc(C=O)nc12. The molecule has 0 N–H and O–H groups in total. The molecule has 0 saturated heterocycles. The molecular weight excluding hydrogens is 186 g/mol. The van der Waals surface area contributed by atoms with Gasteiger partial charge in [0.2, 0.25) is 0 Å². The summed E-state index contributed by atoms with van der Waals surface area (Å²) in [6.45, 7) is 0. The standard InChI is InChI=1S/C9H7NO2S/c1-12-6-3-2-4-7-9(6)10-8(5-11)13-7/h2-5H,1H3. The fourth-order valence-corrected chi connectivity index (χ4v) is 1.96. The van der Waals surface area contributed by atoms with Crippen molar-refractivity contribution >= 4 is 27.8 Å². The lowest BCUT2D eigenvalue weighted by Gasteiger charge is -1.97. The monoisotopic (exact) mass is 193 g/mol. The molecule has 0 spiro atoms. The Labute approximate surface area is 79.0 Å². The second-order valence-electron chi connectivity index (χ2n) is 2.48. The van der Waals surface area contributed by atoms with Gasteiger partial charge < -0.3 is 4.74 Å². The number of rotatable bonds is 2. The predicted molar refractivity (Wildman–Crippen MR) is 51.6 cm³/mol. The Morgan fingerprint density at radius 1 is 1.54 bits per heavy atom. The maximum Gasteiger partial charge on any atom is 0.178 e. The van der Waals surface area contributed by atoms with Gasteiger partial charge in [0.25, 0.3) is 0 Å². The van der Waals surface area contributed by atoms with E-state index in [0.717, 1.165) is 16.5 Å². The summed E-state index contributed by atoms with van der Waals surface area (Å²) < 4.78 is 6.09. The molecule has 0 bridgehead atoms. The molecule has 0 aliphatic heterocycles. The van der Waals surface area contributed by atoms with Crippen LogP contribution in [0.25, 0.3) is 10.2 Å². The zero-order valence-electron chi connectivity index (χ0n) is 6.98.